The van der Waals surface area contributed by atoms with E-state index < -0.39 is 5.82 Å². The maximum Gasteiger partial charge on any atom is 0.252 e. The second kappa shape index (κ2) is 5.65. The van der Waals surface area contributed by atoms with Crippen molar-refractivity contribution in [2.24, 2.45) is 0 Å². The predicted molar refractivity (Wildman–Crippen MR) is 80.5 cm³/mol. The Morgan fingerprint density at radius 1 is 1.33 bits per heavy atom. The number of nitrogens with one attached hydrogen (secondary N) is 1. The Balaban J connectivity index is 1.74. The number of benzene rings is 1. The van der Waals surface area contributed by atoms with Crippen LogP contribution >= 0.6 is 15.9 Å². The van der Waals surface area contributed by atoms with Gasteiger partial charge in [0.2, 0.25) is 0 Å². The number of amides is 1. The van der Waals surface area contributed by atoms with E-state index in [1.165, 1.54) is 18.2 Å². The van der Waals surface area contributed by atoms with E-state index in [9.17, 15) is 9.18 Å². The van der Waals surface area contributed by atoms with Crippen LogP contribution in [0.3, 0.4) is 0 Å². The van der Waals surface area contributed by atoms with Gasteiger partial charge in [-0.05, 0) is 46.3 Å². The molecule has 2 aromatic heterocycles. The van der Waals surface area contributed by atoms with Crippen LogP contribution in [-0.2, 0) is 6.54 Å². The van der Waals surface area contributed by atoms with E-state index in [-0.39, 0.29) is 18.0 Å². The van der Waals surface area contributed by atoms with Crippen molar-refractivity contribution in [3.63, 3.8) is 0 Å². The lowest BCUT2D eigenvalue weighted by atomic mass is 10.2. The first-order chi connectivity index (χ1) is 10.1. The number of aromatic nitrogens is 2. The van der Waals surface area contributed by atoms with Gasteiger partial charge in [0.05, 0.1) is 17.8 Å². The van der Waals surface area contributed by atoms with Gasteiger partial charge in [-0.3, -0.25) is 4.79 Å². The zero-order valence-electron chi connectivity index (χ0n) is 10.9. The number of rotatable bonds is 3. The Hall–Kier alpha value is -2.21. The molecule has 0 bridgehead atoms. The SMILES string of the molecule is O=C(NCc1cn2ccccc2n1)c1cc(F)ccc1Br. The second-order valence-electron chi connectivity index (χ2n) is 4.51. The maximum absolute atomic E-state index is 13.2. The van der Waals surface area contributed by atoms with Crippen molar-refractivity contribution in [1.82, 2.24) is 14.7 Å². The summed E-state index contributed by atoms with van der Waals surface area (Å²) in [4.78, 5) is 16.4. The van der Waals surface area contributed by atoms with Crippen LogP contribution in [0.15, 0.2) is 53.3 Å². The van der Waals surface area contributed by atoms with Gasteiger partial charge < -0.3 is 9.72 Å². The molecule has 1 N–H and O–H groups in total. The van der Waals surface area contributed by atoms with Gasteiger partial charge in [0.1, 0.15) is 11.5 Å². The number of hydrogen-bond acceptors (Lipinski definition) is 2. The summed E-state index contributed by atoms with van der Waals surface area (Å²) < 4.78 is 15.6. The maximum atomic E-state index is 13.2. The molecule has 3 rings (SSSR count). The Labute approximate surface area is 128 Å². The smallest absolute Gasteiger partial charge is 0.252 e. The monoisotopic (exact) mass is 347 g/mol. The van der Waals surface area contributed by atoms with Crippen LogP contribution in [0.5, 0.6) is 0 Å². The molecule has 0 aliphatic rings. The highest BCUT2D eigenvalue weighted by atomic mass is 79.9. The molecule has 6 heteroatoms. The van der Waals surface area contributed by atoms with Gasteiger partial charge in [0.15, 0.2) is 0 Å². The Morgan fingerprint density at radius 3 is 3.00 bits per heavy atom. The minimum atomic E-state index is -0.448. The normalized spacial score (nSPS) is 10.8. The van der Waals surface area contributed by atoms with E-state index in [4.69, 9.17) is 0 Å². The molecular formula is C15H11BrFN3O. The summed E-state index contributed by atoms with van der Waals surface area (Å²) in [5.41, 5.74) is 1.81. The average Bonchev–Trinajstić information content (AvgIpc) is 2.90. The van der Waals surface area contributed by atoms with E-state index in [0.717, 1.165) is 11.3 Å². The molecular weight excluding hydrogens is 337 g/mol. The van der Waals surface area contributed by atoms with Gasteiger partial charge in [0.25, 0.3) is 5.91 Å². The first-order valence-corrected chi connectivity index (χ1v) is 7.08. The molecule has 1 aromatic carbocycles. The highest BCUT2D eigenvalue weighted by Gasteiger charge is 2.11. The van der Waals surface area contributed by atoms with E-state index >= 15 is 0 Å². The molecule has 0 atom stereocenters. The van der Waals surface area contributed by atoms with Gasteiger partial charge >= 0.3 is 0 Å². The minimum Gasteiger partial charge on any atom is -0.346 e. The molecule has 4 nitrogen and oxygen atoms in total. The molecule has 21 heavy (non-hydrogen) atoms. The molecule has 0 spiro atoms. The summed E-state index contributed by atoms with van der Waals surface area (Å²) in [6.45, 7) is 0.281. The van der Waals surface area contributed by atoms with Gasteiger partial charge in [-0.25, -0.2) is 9.37 Å². The van der Waals surface area contributed by atoms with Crippen LogP contribution in [0.25, 0.3) is 5.65 Å². The van der Waals surface area contributed by atoms with Crippen molar-refractivity contribution in [2.45, 2.75) is 6.54 Å². The van der Waals surface area contributed by atoms with Crippen molar-refractivity contribution < 1.29 is 9.18 Å². The molecule has 2 heterocycles. The van der Waals surface area contributed by atoms with Gasteiger partial charge in [-0.1, -0.05) is 6.07 Å². The number of nitrogens with zero attached hydrogens (tertiary/aromatic N) is 2. The molecule has 0 aliphatic carbocycles. The van der Waals surface area contributed by atoms with Crippen molar-refractivity contribution in [1.29, 1.82) is 0 Å². The highest BCUT2D eigenvalue weighted by molar-refractivity contribution is 9.10. The molecule has 0 saturated heterocycles. The molecule has 3 aromatic rings. The summed E-state index contributed by atoms with van der Waals surface area (Å²) >= 11 is 3.24. The summed E-state index contributed by atoms with van der Waals surface area (Å²) in [5, 5.41) is 2.73. The van der Waals surface area contributed by atoms with Crippen molar-refractivity contribution >= 4 is 27.5 Å². The Kier molecular flexibility index (Phi) is 3.70. The lowest BCUT2D eigenvalue weighted by molar-refractivity contribution is 0.0949. The molecule has 106 valence electrons. The van der Waals surface area contributed by atoms with Crippen molar-refractivity contribution in [3.8, 4) is 0 Å². The van der Waals surface area contributed by atoms with Gasteiger partial charge in [0, 0.05) is 16.9 Å². The third-order valence-electron chi connectivity index (χ3n) is 3.02. The van der Waals surface area contributed by atoms with Crippen LogP contribution in [0.1, 0.15) is 16.1 Å². The van der Waals surface area contributed by atoms with Crippen molar-refractivity contribution in [2.75, 3.05) is 0 Å². The number of pyridine rings is 1. The second-order valence-corrected chi connectivity index (χ2v) is 5.36. The van der Waals surface area contributed by atoms with Crippen LogP contribution < -0.4 is 5.32 Å². The number of carbonyl (C=O) groups excluding carboxylic acids is 1. The summed E-state index contributed by atoms with van der Waals surface area (Å²) in [6.07, 6.45) is 3.73. The number of carbonyl (C=O) groups is 1. The topological polar surface area (TPSA) is 46.4 Å². The fourth-order valence-corrected chi connectivity index (χ4v) is 2.44. The molecule has 0 saturated carbocycles. The quantitative estimate of drug-likeness (QED) is 0.790. The Bertz CT molecular complexity index is 783. The number of halogens is 2. The average molecular weight is 348 g/mol. The van der Waals surface area contributed by atoms with Crippen LogP contribution in [0.2, 0.25) is 0 Å². The van der Waals surface area contributed by atoms with E-state index in [0.29, 0.717) is 4.47 Å². The van der Waals surface area contributed by atoms with Crippen LogP contribution in [0, 0.1) is 5.82 Å². The minimum absolute atomic E-state index is 0.263. The third kappa shape index (κ3) is 2.95. The molecule has 0 unspecified atom stereocenters. The summed E-state index contributed by atoms with van der Waals surface area (Å²) in [5.74, 6) is -0.797. The lowest BCUT2D eigenvalue weighted by Crippen LogP contribution is -2.23. The number of hydrogen-bond donors (Lipinski definition) is 1. The zero-order valence-corrected chi connectivity index (χ0v) is 12.5. The van der Waals surface area contributed by atoms with Gasteiger partial charge in [-0.2, -0.15) is 0 Å². The first-order valence-electron chi connectivity index (χ1n) is 6.29. The fraction of sp³-hybridized carbons (Fsp3) is 0.0667. The molecule has 1 amide bonds. The standard InChI is InChI=1S/C15H11BrFN3O/c16-13-5-4-10(17)7-12(13)15(21)18-8-11-9-20-6-2-1-3-14(20)19-11/h1-7,9H,8H2,(H,18,21). The molecule has 0 fully saturated rings. The number of imidazole rings is 1. The van der Waals surface area contributed by atoms with Crippen molar-refractivity contribution in [3.05, 3.63) is 70.3 Å². The van der Waals surface area contributed by atoms with Crippen LogP contribution in [-0.4, -0.2) is 15.3 Å². The fourth-order valence-electron chi connectivity index (χ4n) is 2.01. The Morgan fingerprint density at radius 2 is 2.19 bits per heavy atom. The lowest BCUT2D eigenvalue weighted by Gasteiger charge is -2.05. The zero-order chi connectivity index (χ0) is 14.8. The molecule has 0 radical (unpaired) electrons. The summed E-state index contributed by atoms with van der Waals surface area (Å²) in [6, 6.07) is 9.69. The largest absolute Gasteiger partial charge is 0.346 e. The van der Waals surface area contributed by atoms with E-state index in [1.807, 2.05) is 35.0 Å². The summed E-state index contributed by atoms with van der Waals surface area (Å²) in [7, 11) is 0. The van der Waals surface area contributed by atoms with Crippen LogP contribution in [0.4, 0.5) is 4.39 Å². The third-order valence-corrected chi connectivity index (χ3v) is 3.71. The highest BCUT2D eigenvalue weighted by Crippen LogP contribution is 2.17. The van der Waals surface area contributed by atoms with E-state index in [2.05, 4.69) is 26.2 Å². The first kappa shape index (κ1) is 13.8. The molecule has 0 aliphatic heterocycles. The van der Waals surface area contributed by atoms with E-state index in [1.54, 1.807) is 0 Å². The van der Waals surface area contributed by atoms with Gasteiger partial charge in [-0.15, -0.1) is 0 Å². The predicted octanol–water partition coefficient (Wildman–Crippen LogP) is 3.17. The number of fused-ring (bicyclic) bond motifs is 1.